The Kier molecular flexibility index (Phi) is 4.10. The summed E-state index contributed by atoms with van der Waals surface area (Å²) in [4.78, 5) is 19.4. The molecule has 2 heterocycles. The first-order valence-corrected chi connectivity index (χ1v) is 9.42. The Morgan fingerprint density at radius 3 is 2.79 bits per heavy atom. The lowest BCUT2D eigenvalue weighted by atomic mass is 10.0. The lowest BCUT2D eigenvalue weighted by Gasteiger charge is -2.10. The van der Waals surface area contributed by atoms with Crippen molar-refractivity contribution in [3.63, 3.8) is 0 Å². The van der Waals surface area contributed by atoms with Crippen LogP contribution in [0.4, 0.5) is 5.69 Å². The van der Waals surface area contributed by atoms with Gasteiger partial charge < -0.3 is 5.32 Å². The van der Waals surface area contributed by atoms with Gasteiger partial charge >= 0.3 is 0 Å². The summed E-state index contributed by atoms with van der Waals surface area (Å²) < 4.78 is 1.82. The van der Waals surface area contributed by atoms with Gasteiger partial charge in [-0.05, 0) is 49.8 Å². The van der Waals surface area contributed by atoms with Crippen LogP contribution in [0.15, 0.2) is 35.1 Å². The van der Waals surface area contributed by atoms with Crippen LogP contribution >= 0.6 is 11.3 Å². The zero-order chi connectivity index (χ0) is 16.5. The van der Waals surface area contributed by atoms with Crippen LogP contribution in [0.2, 0.25) is 0 Å². The number of nitrogens with zero attached hydrogens (tertiary/aromatic N) is 2. The topological polar surface area (TPSA) is 46.4 Å². The number of thiazole rings is 1. The molecule has 0 amide bonds. The van der Waals surface area contributed by atoms with Crippen molar-refractivity contribution >= 4 is 22.0 Å². The summed E-state index contributed by atoms with van der Waals surface area (Å²) >= 11 is 1.68. The van der Waals surface area contributed by atoms with E-state index < -0.39 is 0 Å². The van der Waals surface area contributed by atoms with E-state index in [4.69, 9.17) is 4.98 Å². The normalized spacial score (nSPS) is 13.9. The molecular formula is C19H21N3OS. The summed E-state index contributed by atoms with van der Waals surface area (Å²) in [6.45, 7) is 2.72. The Hall–Kier alpha value is -2.14. The molecule has 3 aromatic rings. The highest BCUT2D eigenvalue weighted by molar-refractivity contribution is 7.17. The van der Waals surface area contributed by atoms with Crippen LogP contribution in [0.5, 0.6) is 0 Å². The smallest absolute Gasteiger partial charge is 0.259 e. The molecule has 124 valence electrons. The van der Waals surface area contributed by atoms with E-state index in [1.54, 1.807) is 17.4 Å². The molecule has 1 aromatic carbocycles. The summed E-state index contributed by atoms with van der Waals surface area (Å²) in [7, 11) is 0. The van der Waals surface area contributed by atoms with Crippen molar-refractivity contribution in [2.75, 3.05) is 5.32 Å². The summed E-state index contributed by atoms with van der Waals surface area (Å²) in [6.07, 6.45) is 5.51. The van der Waals surface area contributed by atoms with Crippen molar-refractivity contribution in [2.45, 2.75) is 45.6 Å². The van der Waals surface area contributed by atoms with Gasteiger partial charge in [-0.1, -0.05) is 19.1 Å². The molecule has 1 N–H and O–H groups in total. The maximum atomic E-state index is 12.5. The lowest BCUT2D eigenvalue weighted by molar-refractivity contribution is 0.670. The summed E-state index contributed by atoms with van der Waals surface area (Å²) in [6, 6.07) is 10.1. The van der Waals surface area contributed by atoms with E-state index in [9.17, 15) is 4.79 Å². The minimum atomic E-state index is 0.0533. The average Bonchev–Trinajstić information content (AvgIpc) is 2.99. The van der Waals surface area contributed by atoms with Gasteiger partial charge in [-0.15, -0.1) is 11.3 Å². The van der Waals surface area contributed by atoms with E-state index in [0.717, 1.165) is 35.6 Å². The molecule has 1 aliphatic rings. The molecule has 0 saturated heterocycles. The van der Waals surface area contributed by atoms with E-state index >= 15 is 0 Å². The highest BCUT2D eigenvalue weighted by Gasteiger charge is 2.18. The Balaban J connectivity index is 1.59. The van der Waals surface area contributed by atoms with E-state index in [0.29, 0.717) is 6.54 Å². The van der Waals surface area contributed by atoms with Crippen LogP contribution in [0, 0.1) is 0 Å². The molecule has 5 heteroatoms. The molecule has 4 rings (SSSR count). The first-order chi connectivity index (χ1) is 11.7. The molecule has 4 nitrogen and oxygen atoms in total. The van der Waals surface area contributed by atoms with Crippen LogP contribution in [-0.4, -0.2) is 9.38 Å². The SMILES string of the molecule is CCc1ccc(NCc2cc(=O)n3c4c(sc3n2)CCCC4)cc1. The Labute approximate surface area is 145 Å². The Bertz CT molecular complexity index is 924. The fourth-order valence-corrected chi connectivity index (χ4v) is 4.52. The van der Waals surface area contributed by atoms with Crippen molar-refractivity contribution in [1.29, 1.82) is 0 Å². The number of fused-ring (bicyclic) bond motifs is 3. The van der Waals surface area contributed by atoms with Gasteiger partial charge in [-0.3, -0.25) is 9.20 Å². The summed E-state index contributed by atoms with van der Waals surface area (Å²) in [5, 5.41) is 3.36. The van der Waals surface area contributed by atoms with Crippen molar-refractivity contribution in [3.8, 4) is 0 Å². The molecule has 0 fully saturated rings. The van der Waals surface area contributed by atoms with Gasteiger partial charge in [-0.2, -0.15) is 0 Å². The van der Waals surface area contributed by atoms with E-state index in [1.165, 1.54) is 29.0 Å². The zero-order valence-corrected chi connectivity index (χ0v) is 14.7. The third-order valence-corrected chi connectivity index (χ3v) is 5.79. The van der Waals surface area contributed by atoms with Crippen LogP contribution in [-0.2, 0) is 25.8 Å². The molecule has 0 atom stereocenters. The number of hydrogen-bond donors (Lipinski definition) is 1. The van der Waals surface area contributed by atoms with Crippen molar-refractivity contribution < 1.29 is 0 Å². The molecule has 0 aliphatic heterocycles. The zero-order valence-electron chi connectivity index (χ0n) is 13.8. The maximum Gasteiger partial charge on any atom is 0.259 e. The third kappa shape index (κ3) is 2.84. The molecule has 0 radical (unpaired) electrons. The molecular weight excluding hydrogens is 318 g/mol. The van der Waals surface area contributed by atoms with E-state index in [1.807, 2.05) is 4.40 Å². The van der Waals surface area contributed by atoms with Crippen LogP contribution in [0.1, 0.15) is 41.6 Å². The standard InChI is InChI=1S/C19H21N3OS/c1-2-13-7-9-14(10-8-13)20-12-15-11-18(23)22-16-5-3-4-6-17(16)24-19(22)21-15/h7-11,20H,2-6,12H2,1H3. The molecule has 0 saturated carbocycles. The molecule has 2 aromatic heterocycles. The first kappa shape index (κ1) is 15.4. The number of aryl methyl sites for hydroxylation is 3. The maximum absolute atomic E-state index is 12.5. The van der Waals surface area contributed by atoms with Gasteiger partial charge in [0.25, 0.3) is 5.56 Å². The predicted molar refractivity (Wildman–Crippen MR) is 99.1 cm³/mol. The Morgan fingerprint density at radius 1 is 1.21 bits per heavy atom. The first-order valence-electron chi connectivity index (χ1n) is 8.60. The molecule has 24 heavy (non-hydrogen) atoms. The van der Waals surface area contributed by atoms with Crippen LogP contribution in [0.3, 0.4) is 0 Å². The number of aromatic nitrogens is 2. The number of anilines is 1. The summed E-state index contributed by atoms with van der Waals surface area (Å²) in [5.41, 5.74) is 4.42. The second-order valence-corrected chi connectivity index (χ2v) is 7.35. The van der Waals surface area contributed by atoms with E-state index in [2.05, 4.69) is 36.5 Å². The second-order valence-electron chi connectivity index (χ2n) is 6.29. The number of nitrogens with one attached hydrogen (secondary N) is 1. The third-order valence-electron chi connectivity index (χ3n) is 4.65. The number of benzene rings is 1. The highest BCUT2D eigenvalue weighted by atomic mass is 32.1. The Morgan fingerprint density at radius 2 is 2.00 bits per heavy atom. The minimum absolute atomic E-state index is 0.0533. The fraction of sp³-hybridized carbons (Fsp3) is 0.368. The fourth-order valence-electron chi connectivity index (χ4n) is 3.28. The van der Waals surface area contributed by atoms with Crippen LogP contribution < -0.4 is 10.9 Å². The van der Waals surface area contributed by atoms with Crippen molar-refractivity contribution in [2.24, 2.45) is 0 Å². The monoisotopic (exact) mass is 339 g/mol. The number of rotatable bonds is 4. The lowest BCUT2D eigenvalue weighted by Crippen LogP contribution is -2.18. The summed E-state index contributed by atoms with van der Waals surface area (Å²) in [5.74, 6) is 0. The van der Waals surface area contributed by atoms with Gasteiger partial charge in [0, 0.05) is 22.3 Å². The van der Waals surface area contributed by atoms with Crippen molar-refractivity contribution in [3.05, 3.63) is 62.5 Å². The van der Waals surface area contributed by atoms with Crippen molar-refractivity contribution in [1.82, 2.24) is 9.38 Å². The van der Waals surface area contributed by atoms with E-state index in [-0.39, 0.29) is 5.56 Å². The molecule has 0 unspecified atom stereocenters. The molecule has 1 aliphatic carbocycles. The number of hydrogen-bond acceptors (Lipinski definition) is 4. The molecule has 0 bridgehead atoms. The molecule has 0 spiro atoms. The largest absolute Gasteiger partial charge is 0.379 e. The van der Waals surface area contributed by atoms with Gasteiger partial charge in [-0.25, -0.2) is 4.98 Å². The predicted octanol–water partition coefficient (Wildman–Crippen LogP) is 3.81. The quantitative estimate of drug-likeness (QED) is 0.786. The highest BCUT2D eigenvalue weighted by Crippen LogP contribution is 2.28. The van der Waals surface area contributed by atoms with Crippen LogP contribution in [0.25, 0.3) is 4.96 Å². The average molecular weight is 339 g/mol. The van der Waals surface area contributed by atoms with Gasteiger partial charge in [0.1, 0.15) is 0 Å². The second kappa shape index (κ2) is 6.40. The van der Waals surface area contributed by atoms with Gasteiger partial charge in [0.05, 0.1) is 12.2 Å². The van der Waals surface area contributed by atoms with Gasteiger partial charge in [0.15, 0.2) is 4.96 Å². The van der Waals surface area contributed by atoms with Gasteiger partial charge in [0.2, 0.25) is 0 Å². The minimum Gasteiger partial charge on any atom is -0.379 e.